The third-order valence-electron chi connectivity index (χ3n) is 3.60. The van der Waals surface area contributed by atoms with Crippen LogP contribution >= 0.6 is 0 Å². The third-order valence-corrected chi connectivity index (χ3v) is 3.60. The number of aliphatic hydroxyl groups is 1. The predicted octanol–water partition coefficient (Wildman–Crippen LogP) is 0.809. The van der Waals surface area contributed by atoms with Gasteiger partial charge in [0.25, 0.3) is 0 Å². The van der Waals surface area contributed by atoms with Crippen LogP contribution in [0.1, 0.15) is 24.8 Å². The summed E-state index contributed by atoms with van der Waals surface area (Å²) in [5.41, 5.74) is -0.0684. The summed E-state index contributed by atoms with van der Waals surface area (Å²) in [4.78, 5) is 23.2. The Balaban J connectivity index is 2.12. The molecule has 1 aromatic carbocycles. The van der Waals surface area contributed by atoms with Gasteiger partial charge in [-0.2, -0.15) is 0 Å². The molecular weight excluding hydrogens is 265 g/mol. The third kappa shape index (κ3) is 2.80. The SMILES string of the molecule is O=C(O)[C@@H](CCO)NC(=O)C1(c2ccc(F)cc2)CC1. The lowest BCUT2D eigenvalue weighted by molar-refractivity contribution is -0.142. The number of amides is 1. The average Bonchev–Trinajstić information content (AvgIpc) is 3.20. The van der Waals surface area contributed by atoms with Crippen molar-refractivity contribution in [2.45, 2.75) is 30.7 Å². The molecule has 20 heavy (non-hydrogen) atoms. The van der Waals surface area contributed by atoms with E-state index < -0.39 is 17.4 Å². The van der Waals surface area contributed by atoms with Crippen LogP contribution < -0.4 is 5.32 Å². The van der Waals surface area contributed by atoms with Crippen molar-refractivity contribution in [1.29, 1.82) is 0 Å². The first-order valence-electron chi connectivity index (χ1n) is 6.40. The van der Waals surface area contributed by atoms with Crippen molar-refractivity contribution in [3.63, 3.8) is 0 Å². The van der Waals surface area contributed by atoms with Crippen LogP contribution in [0.5, 0.6) is 0 Å². The van der Waals surface area contributed by atoms with Crippen LogP contribution in [0.15, 0.2) is 24.3 Å². The smallest absolute Gasteiger partial charge is 0.326 e. The number of carbonyl (C=O) groups is 2. The minimum absolute atomic E-state index is 0.0411. The highest BCUT2D eigenvalue weighted by atomic mass is 19.1. The van der Waals surface area contributed by atoms with E-state index in [4.69, 9.17) is 10.2 Å². The van der Waals surface area contributed by atoms with Gasteiger partial charge in [0.2, 0.25) is 5.91 Å². The molecule has 5 nitrogen and oxygen atoms in total. The molecule has 1 aromatic rings. The number of carboxylic acids is 1. The second-order valence-corrected chi connectivity index (χ2v) is 4.97. The topological polar surface area (TPSA) is 86.6 Å². The van der Waals surface area contributed by atoms with Crippen LogP contribution in [0.25, 0.3) is 0 Å². The van der Waals surface area contributed by atoms with E-state index in [0.717, 1.165) is 0 Å². The molecule has 0 aromatic heterocycles. The molecule has 1 aliphatic carbocycles. The van der Waals surface area contributed by atoms with Gasteiger partial charge in [0.1, 0.15) is 11.9 Å². The van der Waals surface area contributed by atoms with Gasteiger partial charge in [-0.15, -0.1) is 0 Å². The minimum atomic E-state index is -1.18. The number of aliphatic hydroxyl groups excluding tert-OH is 1. The van der Waals surface area contributed by atoms with E-state index in [1.165, 1.54) is 12.1 Å². The molecule has 0 unspecified atom stereocenters. The van der Waals surface area contributed by atoms with Gasteiger partial charge in [0.05, 0.1) is 5.41 Å². The Bertz CT molecular complexity index is 510. The molecular formula is C14H16FNO4. The van der Waals surface area contributed by atoms with Gasteiger partial charge >= 0.3 is 5.97 Å². The predicted molar refractivity (Wildman–Crippen MR) is 68.6 cm³/mol. The molecule has 1 atom stereocenters. The Morgan fingerprint density at radius 3 is 2.35 bits per heavy atom. The first-order chi connectivity index (χ1) is 9.49. The molecule has 108 valence electrons. The number of benzene rings is 1. The molecule has 0 spiro atoms. The van der Waals surface area contributed by atoms with Crippen LogP contribution in [-0.4, -0.2) is 34.7 Å². The molecule has 3 N–H and O–H groups in total. The Morgan fingerprint density at radius 1 is 1.30 bits per heavy atom. The van der Waals surface area contributed by atoms with Crippen molar-refractivity contribution in [2.24, 2.45) is 0 Å². The molecule has 6 heteroatoms. The maximum atomic E-state index is 12.9. The second-order valence-electron chi connectivity index (χ2n) is 4.97. The summed E-state index contributed by atoms with van der Waals surface area (Å²) < 4.78 is 12.9. The van der Waals surface area contributed by atoms with E-state index in [9.17, 15) is 14.0 Å². The van der Waals surface area contributed by atoms with Gasteiger partial charge < -0.3 is 15.5 Å². The first-order valence-corrected chi connectivity index (χ1v) is 6.40. The van der Waals surface area contributed by atoms with Gasteiger partial charge in [-0.3, -0.25) is 4.79 Å². The molecule has 0 saturated heterocycles. The van der Waals surface area contributed by atoms with Crippen molar-refractivity contribution in [1.82, 2.24) is 5.32 Å². The molecule has 2 rings (SSSR count). The number of carbonyl (C=O) groups excluding carboxylic acids is 1. The number of hydrogen-bond donors (Lipinski definition) is 3. The van der Waals surface area contributed by atoms with E-state index >= 15 is 0 Å². The van der Waals surface area contributed by atoms with Crippen molar-refractivity contribution >= 4 is 11.9 Å². The zero-order valence-corrected chi connectivity index (χ0v) is 10.8. The summed E-state index contributed by atoms with van der Waals surface area (Å²) in [6.07, 6.45) is 1.17. The Kier molecular flexibility index (Phi) is 4.04. The van der Waals surface area contributed by atoms with E-state index in [0.29, 0.717) is 18.4 Å². The standard InChI is InChI=1S/C14H16FNO4/c15-10-3-1-9(2-4-10)14(6-7-14)13(20)16-11(5-8-17)12(18)19/h1-4,11,17H,5-8H2,(H,16,20)(H,18,19)/t11-/m1/s1. The molecule has 1 aliphatic rings. The quantitative estimate of drug-likeness (QED) is 0.720. The summed E-state index contributed by atoms with van der Waals surface area (Å²) in [7, 11) is 0. The monoisotopic (exact) mass is 281 g/mol. The zero-order valence-electron chi connectivity index (χ0n) is 10.8. The largest absolute Gasteiger partial charge is 0.480 e. The van der Waals surface area contributed by atoms with Gasteiger partial charge in [0.15, 0.2) is 0 Å². The summed E-state index contributed by atoms with van der Waals surface area (Å²) in [5.74, 6) is -1.94. The van der Waals surface area contributed by atoms with E-state index in [2.05, 4.69) is 5.32 Å². The van der Waals surface area contributed by atoms with Crippen LogP contribution in [0, 0.1) is 5.82 Å². The lowest BCUT2D eigenvalue weighted by atomic mass is 9.94. The Labute approximate surface area is 115 Å². The molecule has 0 heterocycles. The zero-order chi connectivity index (χ0) is 14.8. The molecule has 0 aliphatic heterocycles. The van der Waals surface area contributed by atoms with E-state index in [1.807, 2.05) is 0 Å². The first kappa shape index (κ1) is 14.5. The van der Waals surface area contributed by atoms with E-state index in [-0.39, 0.29) is 24.8 Å². The van der Waals surface area contributed by atoms with Gasteiger partial charge in [-0.1, -0.05) is 12.1 Å². The number of nitrogens with one attached hydrogen (secondary N) is 1. The summed E-state index contributed by atoms with van der Waals surface area (Å²) in [5, 5.41) is 20.2. The highest BCUT2D eigenvalue weighted by Gasteiger charge is 2.51. The van der Waals surface area contributed by atoms with Gasteiger partial charge in [-0.25, -0.2) is 9.18 Å². The maximum Gasteiger partial charge on any atom is 0.326 e. The Morgan fingerprint density at radius 2 is 1.90 bits per heavy atom. The van der Waals surface area contributed by atoms with E-state index in [1.54, 1.807) is 12.1 Å². The molecule has 0 bridgehead atoms. The van der Waals surface area contributed by atoms with Crippen molar-refractivity contribution in [3.05, 3.63) is 35.6 Å². The fraction of sp³-hybridized carbons (Fsp3) is 0.429. The highest BCUT2D eigenvalue weighted by Crippen LogP contribution is 2.48. The highest BCUT2D eigenvalue weighted by molar-refractivity contribution is 5.93. The van der Waals surface area contributed by atoms with Crippen molar-refractivity contribution in [2.75, 3.05) is 6.61 Å². The lowest BCUT2D eigenvalue weighted by Gasteiger charge is -2.19. The fourth-order valence-corrected chi connectivity index (χ4v) is 2.22. The minimum Gasteiger partial charge on any atom is -0.480 e. The van der Waals surface area contributed by atoms with Crippen LogP contribution in [-0.2, 0) is 15.0 Å². The normalized spacial score (nSPS) is 17.3. The number of aliphatic carboxylic acids is 1. The molecule has 1 fully saturated rings. The average molecular weight is 281 g/mol. The van der Waals surface area contributed by atoms with Crippen LogP contribution in [0.4, 0.5) is 4.39 Å². The van der Waals surface area contributed by atoms with Crippen molar-refractivity contribution < 1.29 is 24.2 Å². The molecule has 0 radical (unpaired) electrons. The summed E-state index contributed by atoms with van der Waals surface area (Å²) in [6, 6.07) is 4.55. The van der Waals surface area contributed by atoms with Crippen LogP contribution in [0.3, 0.4) is 0 Å². The molecule has 1 saturated carbocycles. The summed E-state index contributed by atoms with van der Waals surface area (Å²) >= 11 is 0. The number of halogens is 1. The maximum absolute atomic E-state index is 12.9. The summed E-state index contributed by atoms with van der Waals surface area (Å²) in [6.45, 7) is -0.319. The second kappa shape index (κ2) is 5.58. The van der Waals surface area contributed by atoms with Gasteiger partial charge in [-0.05, 0) is 30.5 Å². The lowest BCUT2D eigenvalue weighted by Crippen LogP contribution is -2.46. The molecule has 1 amide bonds. The van der Waals surface area contributed by atoms with Gasteiger partial charge in [0, 0.05) is 13.0 Å². The number of carboxylic acid groups (broad SMARTS) is 1. The Hall–Kier alpha value is -1.95. The van der Waals surface area contributed by atoms with Crippen molar-refractivity contribution in [3.8, 4) is 0 Å². The number of hydrogen-bond acceptors (Lipinski definition) is 3. The van der Waals surface area contributed by atoms with Crippen LogP contribution in [0.2, 0.25) is 0 Å². The number of rotatable bonds is 6. The fourth-order valence-electron chi connectivity index (χ4n) is 2.22.